The van der Waals surface area contributed by atoms with Crippen LogP contribution >= 0.6 is 11.3 Å². The van der Waals surface area contributed by atoms with Crippen LogP contribution in [0.25, 0.3) is 0 Å². The number of fused-ring (bicyclic) bond motifs is 1. The predicted molar refractivity (Wildman–Crippen MR) is 77.8 cm³/mol. The van der Waals surface area contributed by atoms with Crippen molar-refractivity contribution in [3.63, 3.8) is 0 Å². The van der Waals surface area contributed by atoms with Crippen LogP contribution in [0.3, 0.4) is 0 Å². The Morgan fingerprint density at radius 3 is 2.50 bits per heavy atom. The Morgan fingerprint density at radius 1 is 1.25 bits per heavy atom. The predicted octanol–water partition coefficient (Wildman–Crippen LogP) is 3.67. The molecule has 2 rings (SSSR count). The summed E-state index contributed by atoms with van der Waals surface area (Å²) in [4.78, 5) is 24.3. The molecular formula is C14H19NO4S. The van der Waals surface area contributed by atoms with Gasteiger partial charge in [-0.15, -0.1) is 11.3 Å². The van der Waals surface area contributed by atoms with E-state index in [4.69, 9.17) is 4.74 Å². The second kappa shape index (κ2) is 5.44. The van der Waals surface area contributed by atoms with E-state index in [1.807, 2.05) is 0 Å². The molecule has 2 N–H and O–H groups in total. The molecule has 0 atom stereocenters. The average Bonchev–Trinajstić information content (AvgIpc) is 2.63. The van der Waals surface area contributed by atoms with Gasteiger partial charge < -0.3 is 9.84 Å². The first-order valence-corrected chi connectivity index (χ1v) is 7.47. The summed E-state index contributed by atoms with van der Waals surface area (Å²) in [5.41, 5.74) is 0.500. The highest BCUT2D eigenvalue weighted by atomic mass is 32.1. The maximum absolute atomic E-state index is 11.8. The fraction of sp³-hybridized carbons (Fsp3) is 0.571. The number of rotatable bonds is 2. The highest BCUT2D eigenvalue weighted by Gasteiger charge is 2.27. The highest BCUT2D eigenvalue weighted by Crippen LogP contribution is 2.38. The minimum atomic E-state index is -0.990. The van der Waals surface area contributed by atoms with E-state index in [2.05, 4.69) is 5.32 Å². The zero-order valence-electron chi connectivity index (χ0n) is 11.9. The molecule has 0 radical (unpaired) electrons. The van der Waals surface area contributed by atoms with Crippen LogP contribution < -0.4 is 5.32 Å². The number of hydrogen-bond acceptors (Lipinski definition) is 4. The van der Waals surface area contributed by atoms with Gasteiger partial charge in [-0.3, -0.25) is 5.32 Å². The lowest BCUT2D eigenvalue weighted by atomic mass is 9.95. The monoisotopic (exact) mass is 297 g/mol. The standard InChI is InChI=1S/C14H19NO4S/c1-14(2,3)19-13(18)15-11-10(12(16)17)8-6-4-5-7-9(8)20-11/h4-7H2,1-3H3,(H,15,18)(H,16,17). The largest absolute Gasteiger partial charge is 0.478 e. The molecule has 0 fully saturated rings. The molecule has 0 aromatic carbocycles. The van der Waals surface area contributed by atoms with Crippen molar-refractivity contribution in [2.75, 3.05) is 5.32 Å². The number of carbonyl (C=O) groups excluding carboxylic acids is 1. The molecule has 110 valence electrons. The molecule has 1 aliphatic rings. The van der Waals surface area contributed by atoms with Crippen LogP contribution in [-0.4, -0.2) is 22.8 Å². The summed E-state index contributed by atoms with van der Waals surface area (Å²) in [5.74, 6) is -0.990. The molecule has 6 heteroatoms. The third-order valence-corrected chi connectivity index (χ3v) is 4.21. The molecule has 1 aromatic heterocycles. The molecule has 0 saturated carbocycles. The number of amides is 1. The fourth-order valence-corrected chi connectivity index (χ4v) is 3.54. The van der Waals surface area contributed by atoms with Gasteiger partial charge in [0.2, 0.25) is 0 Å². The minimum Gasteiger partial charge on any atom is -0.478 e. The quantitative estimate of drug-likeness (QED) is 0.873. The van der Waals surface area contributed by atoms with Crippen molar-refractivity contribution in [2.45, 2.75) is 52.1 Å². The lowest BCUT2D eigenvalue weighted by molar-refractivity contribution is 0.0636. The van der Waals surface area contributed by atoms with Crippen LogP contribution in [-0.2, 0) is 17.6 Å². The second-order valence-electron chi connectivity index (χ2n) is 5.85. The first-order valence-electron chi connectivity index (χ1n) is 6.66. The van der Waals surface area contributed by atoms with Gasteiger partial charge in [-0.05, 0) is 52.0 Å². The number of aromatic carboxylic acids is 1. The Bertz CT molecular complexity index is 542. The van der Waals surface area contributed by atoms with E-state index >= 15 is 0 Å². The number of aryl methyl sites for hydroxylation is 1. The van der Waals surface area contributed by atoms with Crippen molar-refractivity contribution in [2.24, 2.45) is 0 Å². The third-order valence-electron chi connectivity index (χ3n) is 3.00. The third kappa shape index (κ3) is 3.30. The summed E-state index contributed by atoms with van der Waals surface area (Å²) in [5, 5.41) is 12.3. The Kier molecular flexibility index (Phi) is 4.04. The van der Waals surface area contributed by atoms with Crippen LogP contribution in [0, 0.1) is 0 Å². The molecule has 0 unspecified atom stereocenters. The molecule has 1 aliphatic carbocycles. The minimum absolute atomic E-state index is 0.232. The van der Waals surface area contributed by atoms with E-state index in [9.17, 15) is 14.7 Å². The number of anilines is 1. The Balaban J connectivity index is 2.25. The van der Waals surface area contributed by atoms with Crippen LogP contribution in [0.2, 0.25) is 0 Å². The summed E-state index contributed by atoms with van der Waals surface area (Å²) in [6, 6.07) is 0. The van der Waals surface area contributed by atoms with Gasteiger partial charge in [-0.25, -0.2) is 9.59 Å². The van der Waals surface area contributed by atoms with Gasteiger partial charge in [-0.1, -0.05) is 0 Å². The Morgan fingerprint density at radius 2 is 1.90 bits per heavy atom. The van der Waals surface area contributed by atoms with Crippen molar-refractivity contribution in [1.82, 2.24) is 0 Å². The van der Waals surface area contributed by atoms with Crippen LogP contribution in [0.5, 0.6) is 0 Å². The lowest BCUT2D eigenvalue weighted by Gasteiger charge is -2.19. The van der Waals surface area contributed by atoms with Crippen LogP contribution in [0.15, 0.2) is 0 Å². The van der Waals surface area contributed by atoms with E-state index in [-0.39, 0.29) is 5.56 Å². The van der Waals surface area contributed by atoms with Gasteiger partial charge in [0.05, 0.1) is 5.56 Å². The maximum atomic E-state index is 11.8. The number of hydrogen-bond donors (Lipinski definition) is 2. The SMILES string of the molecule is CC(C)(C)OC(=O)Nc1sc2c(c1C(=O)O)CCCC2. The fourth-order valence-electron chi connectivity index (χ4n) is 2.28. The Labute approximate surface area is 121 Å². The van der Waals surface area contributed by atoms with E-state index in [0.717, 1.165) is 36.1 Å². The molecule has 20 heavy (non-hydrogen) atoms. The average molecular weight is 297 g/mol. The van der Waals surface area contributed by atoms with E-state index in [0.29, 0.717) is 5.00 Å². The normalized spacial score (nSPS) is 14.6. The van der Waals surface area contributed by atoms with E-state index in [1.54, 1.807) is 20.8 Å². The molecule has 1 heterocycles. The summed E-state index contributed by atoms with van der Waals surface area (Å²) in [6.07, 6.45) is 3.10. The number of nitrogens with one attached hydrogen (secondary N) is 1. The molecule has 1 aromatic rings. The molecule has 1 amide bonds. The van der Waals surface area contributed by atoms with Gasteiger partial charge in [0.25, 0.3) is 0 Å². The number of carboxylic acids is 1. The second-order valence-corrected chi connectivity index (χ2v) is 6.95. The first kappa shape index (κ1) is 14.8. The first-order chi connectivity index (χ1) is 9.28. The maximum Gasteiger partial charge on any atom is 0.412 e. The number of carboxylic acid groups (broad SMARTS) is 1. The molecule has 0 spiro atoms. The molecule has 0 saturated heterocycles. The van der Waals surface area contributed by atoms with Crippen LogP contribution in [0.1, 0.15) is 54.4 Å². The molecule has 0 aliphatic heterocycles. The summed E-state index contributed by atoms with van der Waals surface area (Å²) < 4.78 is 5.17. The van der Waals surface area contributed by atoms with Gasteiger partial charge in [-0.2, -0.15) is 0 Å². The summed E-state index contributed by atoms with van der Waals surface area (Å²) in [7, 11) is 0. The van der Waals surface area contributed by atoms with Gasteiger partial charge in [0.15, 0.2) is 0 Å². The van der Waals surface area contributed by atoms with Crippen molar-refractivity contribution >= 4 is 28.4 Å². The summed E-state index contributed by atoms with van der Waals surface area (Å²) in [6.45, 7) is 5.30. The van der Waals surface area contributed by atoms with Crippen molar-refractivity contribution in [3.05, 3.63) is 16.0 Å². The number of carbonyl (C=O) groups is 2. The van der Waals surface area contributed by atoms with Crippen molar-refractivity contribution < 1.29 is 19.4 Å². The Hall–Kier alpha value is -1.56. The van der Waals surface area contributed by atoms with Crippen LogP contribution in [0.4, 0.5) is 9.80 Å². The summed E-state index contributed by atoms with van der Waals surface area (Å²) >= 11 is 1.35. The van der Waals surface area contributed by atoms with Gasteiger partial charge in [0.1, 0.15) is 10.6 Å². The number of ether oxygens (including phenoxy) is 1. The van der Waals surface area contributed by atoms with Gasteiger partial charge in [0, 0.05) is 4.88 Å². The van der Waals surface area contributed by atoms with E-state index in [1.165, 1.54) is 11.3 Å². The van der Waals surface area contributed by atoms with Crippen molar-refractivity contribution in [3.8, 4) is 0 Å². The smallest absolute Gasteiger partial charge is 0.412 e. The van der Waals surface area contributed by atoms with Gasteiger partial charge >= 0.3 is 12.1 Å². The lowest BCUT2D eigenvalue weighted by Crippen LogP contribution is -2.27. The zero-order chi connectivity index (χ0) is 14.9. The molecule has 0 bridgehead atoms. The molecule has 5 nitrogen and oxygen atoms in total. The number of thiophene rings is 1. The topological polar surface area (TPSA) is 75.6 Å². The van der Waals surface area contributed by atoms with E-state index < -0.39 is 17.7 Å². The molecular weight excluding hydrogens is 278 g/mol. The van der Waals surface area contributed by atoms with Crippen molar-refractivity contribution in [1.29, 1.82) is 0 Å². The zero-order valence-corrected chi connectivity index (χ0v) is 12.7. The highest BCUT2D eigenvalue weighted by molar-refractivity contribution is 7.17.